The molecule has 0 aliphatic rings. The summed E-state index contributed by atoms with van der Waals surface area (Å²) in [6.07, 6.45) is 0.651. The molecular weight excluding hydrogens is 591 g/mol. The van der Waals surface area contributed by atoms with E-state index in [4.69, 9.17) is 23.2 Å². The van der Waals surface area contributed by atoms with Crippen LogP contribution in [0.15, 0.2) is 77.7 Å². The first-order valence-electron chi connectivity index (χ1n) is 12.7. The number of carbonyl (C=O) groups is 2. The van der Waals surface area contributed by atoms with Gasteiger partial charge in [0.25, 0.3) is 15.7 Å². The van der Waals surface area contributed by atoms with Crippen LogP contribution in [-0.2, 0) is 26.2 Å². The minimum absolute atomic E-state index is 0.0937. The predicted molar refractivity (Wildman–Crippen MR) is 158 cm³/mol. The van der Waals surface area contributed by atoms with Crippen LogP contribution >= 0.6 is 23.2 Å². The second-order valence-corrected chi connectivity index (χ2v) is 12.0. The molecule has 0 aromatic heterocycles. The van der Waals surface area contributed by atoms with Crippen molar-refractivity contribution in [3.63, 3.8) is 0 Å². The molecule has 0 fully saturated rings. The number of rotatable bonds is 12. The van der Waals surface area contributed by atoms with Gasteiger partial charge in [-0.2, -0.15) is 0 Å². The van der Waals surface area contributed by atoms with Gasteiger partial charge in [-0.3, -0.25) is 24.0 Å². The number of halogens is 2. The maximum Gasteiger partial charge on any atom is 0.271 e. The van der Waals surface area contributed by atoms with E-state index in [9.17, 15) is 28.1 Å². The standard InChI is InChI=1S/C28H30Cl2N4O6S/c1-4-19(2)31-28(36)20(3)32(17-24-25(29)14-9-15-26(24)30)27(35)18-33(21-10-8-11-22(16-21)34(37)38)41(39,40)23-12-6-5-7-13-23/h5-16,19-20H,4,17-18H2,1-3H3,(H,31,36). The molecule has 2 atom stereocenters. The van der Waals surface area contributed by atoms with Crippen molar-refractivity contribution in [3.8, 4) is 0 Å². The van der Waals surface area contributed by atoms with Gasteiger partial charge < -0.3 is 10.2 Å². The smallest absolute Gasteiger partial charge is 0.271 e. The number of anilines is 1. The Morgan fingerprint density at radius 2 is 1.59 bits per heavy atom. The summed E-state index contributed by atoms with van der Waals surface area (Å²) >= 11 is 12.8. The SMILES string of the molecule is CCC(C)NC(=O)C(C)N(Cc1c(Cl)cccc1Cl)C(=O)CN(c1cccc([N+](=O)[O-])c1)S(=O)(=O)c1ccccc1. The summed E-state index contributed by atoms with van der Waals surface area (Å²) in [7, 11) is -4.37. The van der Waals surface area contributed by atoms with E-state index in [0.29, 0.717) is 12.0 Å². The molecule has 3 aromatic carbocycles. The predicted octanol–water partition coefficient (Wildman–Crippen LogP) is 5.43. The zero-order valence-electron chi connectivity index (χ0n) is 22.7. The Bertz CT molecular complexity index is 1500. The van der Waals surface area contributed by atoms with Gasteiger partial charge in [0, 0.05) is 40.3 Å². The van der Waals surface area contributed by atoms with Gasteiger partial charge in [-0.1, -0.05) is 60.5 Å². The lowest BCUT2D eigenvalue weighted by Crippen LogP contribution is -2.52. The third-order valence-electron chi connectivity index (χ3n) is 6.50. The zero-order chi connectivity index (χ0) is 30.3. The van der Waals surface area contributed by atoms with Crippen LogP contribution in [0.5, 0.6) is 0 Å². The van der Waals surface area contributed by atoms with Crippen LogP contribution in [0, 0.1) is 10.1 Å². The molecule has 3 aromatic rings. The molecule has 1 N–H and O–H groups in total. The van der Waals surface area contributed by atoms with Gasteiger partial charge in [0.2, 0.25) is 11.8 Å². The molecule has 3 rings (SSSR count). The van der Waals surface area contributed by atoms with Gasteiger partial charge in [0.15, 0.2) is 0 Å². The van der Waals surface area contributed by atoms with Crippen molar-refractivity contribution < 1.29 is 22.9 Å². The van der Waals surface area contributed by atoms with Crippen LogP contribution in [0.1, 0.15) is 32.8 Å². The number of hydrogen-bond donors (Lipinski definition) is 1. The van der Waals surface area contributed by atoms with Crippen molar-refractivity contribution in [1.82, 2.24) is 10.2 Å². The number of benzene rings is 3. The average molecular weight is 622 g/mol. The summed E-state index contributed by atoms with van der Waals surface area (Å²) in [5.41, 5.74) is -0.0757. The van der Waals surface area contributed by atoms with Crippen LogP contribution in [0.2, 0.25) is 10.0 Å². The molecule has 2 amide bonds. The fourth-order valence-electron chi connectivity index (χ4n) is 3.91. The summed E-state index contributed by atoms with van der Waals surface area (Å²) in [5, 5.41) is 14.8. The van der Waals surface area contributed by atoms with Crippen molar-refractivity contribution in [1.29, 1.82) is 0 Å². The molecular formula is C28H30Cl2N4O6S. The van der Waals surface area contributed by atoms with E-state index in [1.807, 2.05) is 13.8 Å². The van der Waals surface area contributed by atoms with E-state index >= 15 is 0 Å². The highest BCUT2D eigenvalue weighted by Crippen LogP contribution is 2.29. The van der Waals surface area contributed by atoms with Gasteiger partial charge >= 0.3 is 0 Å². The normalized spacial score (nSPS) is 12.7. The highest BCUT2D eigenvalue weighted by atomic mass is 35.5. The molecule has 0 aliphatic carbocycles. The Hall–Kier alpha value is -3.67. The van der Waals surface area contributed by atoms with E-state index in [1.165, 1.54) is 54.3 Å². The first-order chi connectivity index (χ1) is 19.4. The lowest BCUT2D eigenvalue weighted by atomic mass is 10.1. The van der Waals surface area contributed by atoms with Crippen LogP contribution in [0.4, 0.5) is 11.4 Å². The molecule has 0 heterocycles. The summed E-state index contributed by atoms with van der Waals surface area (Å²) in [6, 6.07) is 15.9. The minimum Gasteiger partial charge on any atom is -0.352 e. The van der Waals surface area contributed by atoms with Gasteiger partial charge in [-0.05, 0) is 50.6 Å². The molecule has 0 radical (unpaired) electrons. The van der Waals surface area contributed by atoms with E-state index in [-0.39, 0.29) is 38.9 Å². The van der Waals surface area contributed by atoms with Crippen molar-refractivity contribution >= 4 is 56.4 Å². The fraction of sp³-hybridized carbons (Fsp3) is 0.286. The Morgan fingerprint density at radius 3 is 2.17 bits per heavy atom. The maximum absolute atomic E-state index is 14.0. The van der Waals surface area contributed by atoms with Crippen LogP contribution in [-0.4, -0.2) is 48.7 Å². The molecule has 2 unspecified atom stereocenters. The van der Waals surface area contributed by atoms with E-state index in [1.54, 1.807) is 24.3 Å². The molecule has 0 bridgehead atoms. The topological polar surface area (TPSA) is 130 Å². The lowest BCUT2D eigenvalue weighted by Gasteiger charge is -2.32. The molecule has 0 spiro atoms. The fourth-order valence-corrected chi connectivity index (χ4v) is 5.86. The summed E-state index contributed by atoms with van der Waals surface area (Å²) in [6.45, 7) is 4.28. The number of nitrogens with one attached hydrogen (secondary N) is 1. The third-order valence-corrected chi connectivity index (χ3v) is 8.99. The number of carbonyl (C=O) groups excluding carboxylic acids is 2. The molecule has 0 saturated carbocycles. The van der Waals surface area contributed by atoms with Crippen molar-refractivity contribution in [2.24, 2.45) is 0 Å². The number of nitro benzene ring substituents is 1. The maximum atomic E-state index is 14.0. The van der Waals surface area contributed by atoms with Crippen molar-refractivity contribution in [3.05, 3.63) is 98.5 Å². The summed E-state index contributed by atoms with van der Waals surface area (Å²) in [5.74, 6) is -1.21. The van der Waals surface area contributed by atoms with Gasteiger partial charge in [0.1, 0.15) is 12.6 Å². The van der Waals surface area contributed by atoms with Gasteiger partial charge in [-0.25, -0.2) is 8.42 Å². The number of sulfonamides is 1. The Kier molecular flexibility index (Phi) is 10.7. The molecule has 0 saturated heterocycles. The molecule has 41 heavy (non-hydrogen) atoms. The van der Waals surface area contributed by atoms with E-state index in [0.717, 1.165) is 10.4 Å². The van der Waals surface area contributed by atoms with Crippen LogP contribution < -0.4 is 9.62 Å². The Balaban J connectivity index is 2.10. The first-order valence-corrected chi connectivity index (χ1v) is 14.9. The number of nitro groups is 1. The van der Waals surface area contributed by atoms with Gasteiger partial charge in [0.05, 0.1) is 15.5 Å². The second kappa shape index (κ2) is 13.8. The number of hydrogen-bond acceptors (Lipinski definition) is 6. The Labute approximate surface area is 249 Å². The van der Waals surface area contributed by atoms with Gasteiger partial charge in [-0.15, -0.1) is 0 Å². The lowest BCUT2D eigenvalue weighted by molar-refractivity contribution is -0.384. The highest BCUT2D eigenvalue weighted by Gasteiger charge is 2.33. The largest absolute Gasteiger partial charge is 0.352 e. The minimum atomic E-state index is -4.37. The summed E-state index contributed by atoms with van der Waals surface area (Å²) in [4.78, 5) is 39.0. The molecule has 13 heteroatoms. The van der Waals surface area contributed by atoms with Crippen molar-refractivity contribution in [2.45, 2.75) is 50.7 Å². The quantitative estimate of drug-likeness (QED) is 0.212. The Morgan fingerprint density at radius 1 is 0.976 bits per heavy atom. The molecule has 0 aliphatic heterocycles. The summed E-state index contributed by atoms with van der Waals surface area (Å²) < 4.78 is 28.4. The second-order valence-electron chi connectivity index (χ2n) is 9.32. The van der Waals surface area contributed by atoms with Crippen molar-refractivity contribution in [2.75, 3.05) is 10.8 Å². The van der Waals surface area contributed by atoms with Crippen LogP contribution in [0.25, 0.3) is 0 Å². The zero-order valence-corrected chi connectivity index (χ0v) is 25.0. The highest BCUT2D eigenvalue weighted by molar-refractivity contribution is 7.92. The van der Waals surface area contributed by atoms with E-state index in [2.05, 4.69) is 5.32 Å². The number of non-ortho nitro benzene ring substituents is 1. The molecule has 10 nitrogen and oxygen atoms in total. The third kappa shape index (κ3) is 7.75. The monoisotopic (exact) mass is 620 g/mol. The average Bonchev–Trinajstić information content (AvgIpc) is 2.95. The number of nitrogens with zero attached hydrogens (tertiary/aromatic N) is 3. The first kappa shape index (κ1) is 31.9. The van der Waals surface area contributed by atoms with Crippen LogP contribution in [0.3, 0.4) is 0 Å². The molecule has 218 valence electrons. The van der Waals surface area contributed by atoms with E-state index < -0.39 is 39.3 Å². The number of amides is 2.